The molecule has 1 heterocycles. The van der Waals surface area contributed by atoms with Crippen molar-refractivity contribution in [3.05, 3.63) is 78.9 Å². The predicted molar refractivity (Wildman–Crippen MR) is 112 cm³/mol. The molecule has 0 radical (unpaired) electrons. The molecule has 0 aliphatic carbocycles. The van der Waals surface area contributed by atoms with Gasteiger partial charge in [0.2, 0.25) is 6.10 Å². The number of rotatable bonds is 5. The number of hydrogen-bond acceptors (Lipinski definition) is 5. The van der Waals surface area contributed by atoms with Crippen molar-refractivity contribution in [2.75, 3.05) is 11.9 Å². The Morgan fingerprint density at radius 3 is 2.40 bits per heavy atom. The van der Waals surface area contributed by atoms with Crippen molar-refractivity contribution in [2.45, 2.75) is 19.1 Å². The van der Waals surface area contributed by atoms with Gasteiger partial charge in [-0.25, -0.2) is 4.79 Å². The van der Waals surface area contributed by atoms with E-state index in [-0.39, 0.29) is 6.61 Å². The fraction of sp³-hybridized carbons (Fsp3) is 0.167. The van der Waals surface area contributed by atoms with E-state index in [1.165, 1.54) is 6.92 Å². The van der Waals surface area contributed by atoms with E-state index in [4.69, 9.17) is 14.2 Å². The van der Waals surface area contributed by atoms with Gasteiger partial charge in [0.1, 0.15) is 6.61 Å². The molecule has 0 fully saturated rings. The van der Waals surface area contributed by atoms with Crippen LogP contribution < -0.4 is 14.8 Å². The average Bonchev–Trinajstić information content (AvgIpc) is 2.79. The zero-order chi connectivity index (χ0) is 20.9. The second kappa shape index (κ2) is 8.69. The molecular weight excluding hydrogens is 382 g/mol. The zero-order valence-corrected chi connectivity index (χ0v) is 16.4. The maximum atomic E-state index is 12.7. The van der Waals surface area contributed by atoms with Gasteiger partial charge in [0.15, 0.2) is 17.6 Å². The number of hydrogen-bond donors (Lipinski definition) is 1. The number of benzene rings is 3. The number of esters is 1. The Labute approximate surface area is 174 Å². The van der Waals surface area contributed by atoms with Crippen molar-refractivity contribution in [3.63, 3.8) is 0 Å². The van der Waals surface area contributed by atoms with Gasteiger partial charge < -0.3 is 19.5 Å². The van der Waals surface area contributed by atoms with Gasteiger partial charge in [-0.2, -0.15) is 0 Å². The molecule has 1 N–H and O–H groups in total. The van der Waals surface area contributed by atoms with Crippen LogP contribution in [0.2, 0.25) is 0 Å². The fourth-order valence-corrected chi connectivity index (χ4v) is 3.14. The minimum Gasteiger partial charge on any atom is -0.485 e. The van der Waals surface area contributed by atoms with Crippen LogP contribution in [0.1, 0.15) is 6.92 Å². The van der Waals surface area contributed by atoms with E-state index in [0.717, 1.165) is 11.1 Å². The molecule has 0 bridgehead atoms. The molecule has 0 saturated heterocycles. The molecular formula is C24H21NO5. The summed E-state index contributed by atoms with van der Waals surface area (Å²) in [7, 11) is 0. The van der Waals surface area contributed by atoms with E-state index in [2.05, 4.69) is 5.32 Å². The van der Waals surface area contributed by atoms with E-state index in [1.807, 2.05) is 60.7 Å². The molecule has 0 aromatic heterocycles. The summed E-state index contributed by atoms with van der Waals surface area (Å²) in [6, 6.07) is 24.3. The Bertz CT molecular complexity index is 1050. The topological polar surface area (TPSA) is 73.9 Å². The Morgan fingerprint density at radius 2 is 1.60 bits per heavy atom. The van der Waals surface area contributed by atoms with E-state index in [1.54, 1.807) is 18.2 Å². The quantitative estimate of drug-likeness (QED) is 0.651. The third-order valence-electron chi connectivity index (χ3n) is 4.70. The number of anilines is 1. The average molecular weight is 403 g/mol. The van der Waals surface area contributed by atoms with Crippen molar-refractivity contribution >= 4 is 17.6 Å². The first-order valence-electron chi connectivity index (χ1n) is 9.66. The Balaban J connectivity index is 1.40. The molecule has 152 valence electrons. The van der Waals surface area contributed by atoms with Crippen LogP contribution in [-0.2, 0) is 14.3 Å². The molecule has 2 atom stereocenters. The number of fused-ring (bicyclic) bond motifs is 1. The van der Waals surface area contributed by atoms with Crippen LogP contribution in [0.5, 0.6) is 11.5 Å². The van der Waals surface area contributed by atoms with Crippen LogP contribution in [0.3, 0.4) is 0 Å². The lowest BCUT2D eigenvalue weighted by atomic mass is 10.0. The lowest BCUT2D eigenvalue weighted by molar-refractivity contribution is -0.162. The molecule has 6 nitrogen and oxygen atoms in total. The summed E-state index contributed by atoms with van der Waals surface area (Å²) in [4.78, 5) is 25.1. The second-order valence-electron chi connectivity index (χ2n) is 6.84. The first kappa shape index (κ1) is 19.5. The van der Waals surface area contributed by atoms with Gasteiger partial charge in [-0.1, -0.05) is 60.7 Å². The maximum Gasteiger partial charge on any atom is 0.351 e. The van der Waals surface area contributed by atoms with Gasteiger partial charge in [0, 0.05) is 11.3 Å². The molecule has 6 heteroatoms. The number of carbonyl (C=O) groups is 2. The van der Waals surface area contributed by atoms with Crippen molar-refractivity contribution in [3.8, 4) is 22.6 Å². The minimum atomic E-state index is -0.998. The highest BCUT2D eigenvalue weighted by molar-refractivity contribution is 5.98. The Hall–Kier alpha value is -3.80. The molecule has 3 aromatic rings. The number of carbonyl (C=O) groups excluding carboxylic acids is 2. The Morgan fingerprint density at radius 1 is 0.933 bits per heavy atom. The van der Waals surface area contributed by atoms with Gasteiger partial charge in [-0.05, 0) is 30.7 Å². The maximum absolute atomic E-state index is 12.7. The summed E-state index contributed by atoms with van der Waals surface area (Å²) in [5, 5.41) is 2.84. The molecule has 3 aromatic carbocycles. The van der Waals surface area contributed by atoms with Crippen LogP contribution in [0.25, 0.3) is 11.1 Å². The van der Waals surface area contributed by atoms with Crippen LogP contribution in [0.15, 0.2) is 78.9 Å². The lowest BCUT2D eigenvalue weighted by Crippen LogP contribution is -2.41. The number of amides is 1. The molecule has 0 unspecified atom stereocenters. The summed E-state index contributed by atoms with van der Waals surface area (Å²) < 4.78 is 16.5. The molecule has 1 amide bonds. The highest BCUT2D eigenvalue weighted by Gasteiger charge is 2.31. The zero-order valence-electron chi connectivity index (χ0n) is 16.4. The summed E-state index contributed by atoms with van der Waals surface area (Å²) in [5.74, 6) is -0.0307. The normalized spacial score (nSPS) is 15.7. The Kier molecular flexibility index (Phi) is 5.66. The van der Waals surface area contributed by atoms with Gasteiger partial charge in [-0.15, -0.1) is 0 Å². The largest absolute Gasteiger partial charge is 0.485 e. The van der Waals surface area contributed by atoms with Gasteiger partial charge >= 0.3 is 5.97 Å². The van der Waals surface area contributed by atoms with Gasteiger partial charge in [0.05, 0.1) is 0 Å². The molecule has 1 aliphatic rings. The van der Waals surface area contributed by atoms with E-state index in [0.29, 0.717) is 17.2 Å². The van der Waals surface area contributed by atoms with E-state index in [9.17, 15) is 9.59 Å². The van der Waals surface area contributed by atoms with Crippen molar-refractivity contribution in [2.24, 2.45) is 0 Å². The number of ether oxygens (including phenoxy) is 3. The summed E-state index contributed by atoms with van der Waals surface area (Å²) >= 11 is 0. The third kappa shape index (κ3) is 4.27. The first-order chi connectivity index (χ1) is 14.6. The van der Waals surface area contributed by atoms with Crippen molar-refractivity contribution < 1.29 is 23.8 Å². The van der Waals surface area contributed by atoms with Crippen LogP contribution in [0.4, 0.5) is 5.69 Å². The van der Waals surface area contributed by atoms with Crippen LogP contribution >= 0.6 is 0 Å². The lowest BCUT2D eigenvalue weighted by Gasteiger charge is -2.26. The number of nitrogens with one attached hydrogen (secondary N) is 1. The predicted octanol–water partition coefficient (Wildman–Crippen LogP) is 4.06. The van der Waals surface area contributed by atoms with Crippen molar-refractivity contribution in [1.29, 1.82) is 0 Å². The molecule has 1 aliphatic heterocycles. The summed E-state index contributed by atoms with van der Waals surface area (Å²) in [6.07, 6.45) is -1.92. The summed E-state index contributed by atoms with van der Waals surface area (Å²) in [6.45, 7) is 1.55. The van der Waals surface area contributed by atoms with E-state index >= 15 is 0 Å². The minimum absolute atomic E-state index is 0.0288. The smallest absolute Gasteiger partial charge is 0.351 e. The monoisotopic (exact) mass is 403 g/mol. The third-order valence-corrected chi connectivity index (χ3v) is 4.70. The van der Waals surface area contributed by atoms with Crippen molar-refractivity contribution in [1.82, 2.24) is 0 Å². The highest BCUT2D eigenvalue weighted by atomic mass is 16.6. The fourth-order valence-electron chi connectivity index (χ4n) is 3.14. The second-order valence-corrected chi connectivity index (χ2v) is 6.84. The first-order valence-corrected chi connectivity index (χ1v) is 9.66. The highest BCUT2D eigenvalue weighted by Crippen LogP contribution is 2.31. The molecule has 4 rings (SSSR count). The van der Waals surface area contributed by atoms with Crippen LogP contribution in [0, 0.1) is 0 Å². The standard InChI is InChI=1S/C24H21NO5/c1-16(29-24(27)22-15-28-20-13-7-8-14-21(20)30-22)23(26)25-19-12-6-5-11-18(19)17-9-3-2-4-10-17/h2-14,16,22H,15H2,1H3,(H,25,26)/t16-,22-/m1/s1. The van der Waals surface area contributed by atoms with Gasteiger partial charge in [-0.3, -0.25) is 4.79 Å². The molecule has 0 spiro atoms. The molecule has 0 saturated carbocycles. The number of para-hydroxylation sites is 3. The summed E-state index contributed by atoms with van der Waals surface area (Å²) in [5.41, 5.74) is 2.50. The SMILES string of the molecule is C[C@@H](OC(=O)[C@H]1COc2ccccc2O1)C(=O)Nc1ccccc1-c1ccccc1. The van der Waals surface area contributed by atoms with Crippen LogP contribution in [-0.4, -0.2) is 30.7 Å². The van der Waals surface area contributed by atoms with E-state index < -0.39 is 24.1 Å². The van der Waals surface area contributed by atoms with Gasteiger partial charge in [0.25, 0.3) is 5.91 Å². The molecule has 30 heavy (non-hydrogen) atoms.